The van der Waals surface area contributed by atoms with Crippen molar-refractivity contribution in [2.45, 2.75) is 0 Å². The van der Waals surface area contributed by atoms with Gasteiger partial charge in [0.25, 0.3) is 0 Å². The zero-order valence-electron chi connectivity index (χ0n) is 6.67. The quantitative estimate of drug-likeness (QED) is 0.741. The molecule has 72 valence electrons. The second-order valence-corrected chi connectivity index (χ2v) is 3.32. The highest BCUT2D eigenvalue weighted by Crippen LogP contribution is 2.26. The minimum atomic E-state index is -1.01. The van der Waals surface area contributed by atoms with Crippen LogP contribution < -0.4 is 0 Å². The van der Waals surface area contributed by atoms with Gasteiger partial charge in [0, 0.05) is 0 Å². The Bertz CT molecular complexity index is 459. The monoisotopic (exact) mass is 260 g/mol. The lowest BCUT2D eigenvalue weighted by molar-refractivity contribution is 0.498. The van der Waals surface area contributed by atoms with Gasteiger partial charge in [-0.05, 0) is 28.1 Å². The van der Waals surface area contributed by atoms with Crippen LogP contribution in [0.1, 0.15) is 0 Å². The first-order valence-corrected chi connectivity index (χ1v) is 4.39. The number of nitrogens with zero attached hydrogens (tertiary/aromatic N) is 2. The minimum absolute atomic E-state index is 0.0473. The van der Waals surface area contributed by atoms with Gasteiger partial charge in [0.2, 0.25) is 12.3 Å². The summed E-state index contributed by atoms with van der Waals surface area (Å²) in [4.78, 5) is 0. The van der Waals surface area contributed by atoms with E-state index in [0.29, 0.717) is 0 Å². The van der Waals surface area contributed by atoms with Gasteiger partial charge in [0.15, 0.2) is 11.6 Å². The van der Waals surface area contributed by atoms with E-state index in [2.05, 4.69) is 26.1 Å². The fourth-order valence-electron chi connectivity index (χ4n) is 0.981. The van der Waals surface area contributed by atoms with E-state index in [1.807, 2.05) is 0 Å². The smallest absolute Gasteiger partial charge is 0.250 e. The molecule has 1 aromatic heterocycles. The molecule has 6 heteroatoms. The van der Waals surface area contributed by atoms with Crippen LogP contribution in [0.5, 0.6) is 0 Å². The normalized spacial score (nSPS) is 10.5. The summed E-state index contributed by atoms with van der Waals surface area (Å²) in [5, 5.41) is 6.85. The zero-order valence-corrected chi connectivity index (χ0v) is 8.25. The lowest BCUT2D eigenvalue weighted by atomic mass is 10.2. The number of benzene rings is 1. The molecule has 14 heavy (non-hydrogen) atoms. The maximum absolute atomic E-state index is 13.3. The van der Waals surface area contributed by atoms with E-state index in [4.69, 9.17) is 4.42 Å². The first kappa shape index (κ1) is 9.26. The van der Waals surface area contributed by atoms with E-state index in [1.54, 1.807) is 0 Å². The van der Waals surface area contributed by atoms with E-state index in [9.17, 15) is 8.78 Å². The van der Waals surface area contributed by atoms with Crippen molar-refractivity contribution >= 4 is 15.9 Å². The van der Waals surface area contributed by atoms with E-state index >= 15 is 0 Å². The van der Waals surface area contributed by atoms with Gasteiger partial charge in [-0.25, -0.2) is 8.78 Å². The molecular formula is C8H3BrF2N2O. The first-order chi connectivity index (χ1) is 6.70. The summed E-state index contributed by atoms with van der Waals surface area (Å²) in [5.74, 6) is -2.03. The van der Waals surface area contributed by atoms with Crippen LogP contribution in [-0.2, 0) is 0 Å². The third kappa shape index (κ3) is 1.41. The second-order valence-electron chi connectivity index (χ2n) is 2.47. The van der Waals surface area contributed by atoms with Crippen LogP contribution in [-0.4, -0.2) is 10.2 Å². The molecule has 0 N–H and O–H groups in total. The third-order valence-electron chi connectivity index (χ3n) is 1.63. The molecule has 0 bridgehead atoms. The second kappa shape index (κ2) is 3.45. The van der Waals surface area contributed by atoms with Gasteiger partial charge >= 0.3 is 0 Å². The van der Waals surface area contributed by atoms with Gasteiger partial charge in [0.05, 0.1) is 10.0 Å². The van der Waals surface area contributed by atoms with Crippen LogP contribution in [0.3, 0.4) is 0 Å². The predicted octanol–water partition coefficient (Wildman–Crippen LogP) is 2.78. The Labute approximate surface area is 85.9 Å². The summed E-state index contributed by atoms with van der Waals surface area (Å²) in [5.41, 5.74) is -0.0526. The fraction of sp³-hybridized carbons (Fsp3) is 0. The fourth-order valence-corrected chi connectivity index (χ4v) is 1.29. The standard InChI is InChI=1S/C8H3BrF2N2O/c9-5-2-1-4(6(10)7(5)11)8-13-12-3-14-8/h1-3H. The highest BCUT2D eigenvalue weighted by Gasteiger charge is 2.16. The van der Waals surface area contributed by atoms with Gasteiger partial charge in [-0.1, -0.05) is 0 Å². The Morgan fingerprint density at radius 1 is 1.21 bits per heavy atom. The Hall–Kier alpha value is -1.30. The molecule has 0 unspecified atom stereocenters. The van der Waals surface area contributed by atoms with E-state index < -0.39 is 11.6 Å². The SMILES string of the molecule is Fc1c(Br)ccc(-c2nnco2)c1F. The number of hydrogen-bond donors (Lipinski definition) is 0. The van der Waals surface area contributed by atoms with Crippen LogP contribution in [0, 0.1) is 11.6 Å². The lowest BCUT2D eigenvalue weighted by Gasteiger charge is -2.00. The molecule has 0 saturated carbocycles. The first-order valence-electron chi connectivity index (χ1n) is 3.60. The van der Waals surface area contributed by atoms with Crippen LogP contribution in [0.25, 0.3) is 11.5 Å². The molecule has 0 spiro atoms. The Balaban J connectivity index is 2.61. The molecule has 0 aliphatic carbocycles. The Morgan fingerprint density at radius 3 is 2.64 bits per heavy atom. The van der Waals surface area contributed by atoms with Crippen molar-refractivity contribution in [2.24, 2.45) is 0 Å². The molecule has 0 atom stereocenters. The van der Waals surface area contributed by atoms with Crippen molar-refractivity contribution in [3.63, 3.8) is 0 Å². The van der Waals surface area contributed by atoms with Crippen molar-refractivity contribution in [2.75, 3.05) is 0 Å². The largest absolute Gasteiger partial charge is 0.423 e. The number of hydrogen-bond acceptors (Lipinski definition) is 3. The molecular weight excluding hydrogens is 258 g/mol. The summed E-state index contributed by atoms with van der Waals surface area (Å²) < 4.78 is 31.2. The molecule has 0 amide bonds. The summed E-state index contributed by atoms with van der Waals surface area (Å²) in [6.45, 7) is 0. The van der Waals surface area contributed by atoms with Crippen LogP contribution in [0.4, 0.5) is 8.78 Å². The van der Waals surface area contributed by atoms with E-state index in [-0.39, 0.29) is 15.9 Å². The summed E-state index contributed by atoms with van der Waals surface area (Å²) in [6.07, 6.45) is 1.05. The zero-order chi connectivity index (χ0) is 10.1. The molecule has 0 saturated heterocycles. The Kier molecular flexibility index (Phi) is 2.28. The number of halogens is 3. The van der Waals surface area contributed by atoms with Crippen LogP contribution in [0.15, 0.2) is 27.4 Å². The summed E-state index contributed by atoms with van der Waals surface area (Å²) >= 11 is 2.86. The summed E-state index contributed by atoms with van der Waals surface area (Å²) in [7, 11) is 0. The maximum atomic E-state index is 13.3. The molecule has 0 aliphatic rings. The van der Waals surface area contributed by atoms with Gasteiger partial charge < -0.3 is 4.42 Å². The maximum Gasteiger partial charge on any atom is 0.250 e. The Morgan fingerprint density at radius 2 is 2.00 bits per heavy atom. The van der Waals surface area contributed by atoms with Gasteiger partial charge in [-0.15, -0.1) is 10.2 Å². The third-order valence-corrected chi connectivity index (χ3v) is 2.24. The predicted molar refractivity (Wildman–Crippen MR) is 47.4 cm³/mol. The van der Waals surface area contributed by atoms with E-state index in [0.717, 1.165) is 6.39 Å². The van der Waals surface area contributed by atoms with Crippen molar-refractivity contribution in [1.29, 1.82) is 0 Å². The molecule has 0 radical (unpaired) electrons. The van der Waals surface area contributed by atoms with Crippen molar-refractivity contribution < 1.29 is 13.2 Å². The lowest BCUT2D eigenvalue weighted by Crippen LogP contribution is -1.91. The van der Waals surface area contributed by atoms with E-state index in [1.165, 1.54) is 12.1 Å². The molecule has 3 nitrogen and oxygen atoms in total. The molecule has 1 heterocycles. The van der Waals surface area contributed by atoms with Crippen molar-refractivity contribution in [1.82, 2.24) is 10.2 Å². The molecule has 0 fully saturated rings. The van der Waals surface area contributed by atoms with Crippen molar-refractivity contribution in [3.8, 4) is 11.5 Å². The number of aromatic nitrogens is 2. The average molecular weight is 261 g/mol. The molecule has 0 aliphatic heterocycles. The molecule has 2 rings (SSSR count). The average Bonchev–Trinajstić information content (AvgIpc) is 2.67. The van der Waals surface area contributed by atoms with Crippen LogP contribution >= 0.6 is 15.9 Å². The van der Waals surface area contributed by atoms with Gasteiger partial charge in [-0.2, -0.15) is 0 Å². The summed E-state index contributed by atoms with van der Waals surface area (Å²) in [6, 6.07) is 2.73. The van der Waals surface area contributed by atoms with Gasteiger partial charge in [0.1, 0.15) is 0 Å². The highest BCUT2D eigenvalue weighted by molar-refractivity contribution is 9.10. The van der Waals surface area contributed by atoms with Gasteiger partial charge in [-0.3, -0.25) is 0 Å². The van der Waals surface area contributed by atoms with Crippen molar-refractivity contribution in [3.05, 3.63) is 34.6 Å². The molecule has 1 aromatic carbocycles. The topological polar surface area (TPSA) is 38.9 Å². The molecule has 2 aromatic rings. The highest BCUT2D eigenvalue weighted by atomic mass is 79.9. The minimum Gasteiger partial charge on any atom is -0.423 e. The number of rotatable bonds is 1. The van der Waals surface area contributed by atoms with Crippen LogP contribution in [0.2, 0.25) is 0 Å².